The van der Waals surface area contributed by atoms with Gasteiger partial charge in [-0.3, -0.25) is 4.68 Å². The van der Waals surface area contributed by atoms with Gasteiger partial charge in [0.2, 0.25) is 0 Å². The standard InChI is InChI=1S/C14H15ClN4/c1-3-12-10(9-19(2)18-12)14(8-16)17-13-7-5-4-6-11(13)15/h4-7,9,14,17H,3H2,1-2H3. The lowest BCUT2D eigenvalue weighted by Gasteiger charge is -2.13. The Morgan fingerprint density at radius 2 is 2.21 bits per heavy atom. The molecule has 1 atom stereocenters. The average molecular weight is 275 g/mol. The van der Waals surface area contributed by atoms with Crippen LogP contribution in [-0.2, 0) is 13.5 Å². The van der Waals surface area contributed by atoms with Crippen molar-refractivity contribution >= 4 is 17.3 Å². The average Bonchev–Trinajstić information content (AvgIpc) is 2.79. The first-order chi connectivity index (χ1) is 9.15. The van der Waals surface area contributed by atoms with Gasteiger partial charge in [-0.25, -0.2) is 0 Å². The van der Waals surface area contributed by atoms with E-state index in [0.29, 0.717) is 5.02 Å². The Kier molecular flexibility index (Phi) is 4.08. The molecule has 0 aliphatic rings. The van der Waals surface area contributed by atoms with Crippen LogP contribution in [-0.4, -0.2) is 9.78 Å². The van der Waals surface area contributed by atoms with Crippen LogP contribution >= 0.6 is 11.6 Å². The molecule has 5 heteroatoms. The number of nitriles is 1. The Morgan fingerprint density at radius 1 is 1.47 bits per heavy atom. The van der Waals surface area contributed by atoms with E-state index in [-0.39, 0.29) is 0 Å². The lowest BCUT2D eigenvalue weighted by Crippen LogP contribution is -2.10. The van der Waals surface area contributed by atoms with Gasteiger partial charge in [0.25, 0.3) is 0 Å². The zero-order valence-corrected chi connectivity index (χ0v) is 11.6. The van der Waals surface area contributed by atoms with Gasteiger partial charge in [0.1, 0.15) is 6.04 Å². The smallest absolute Gasteiger partial charge is 0.143 e. The molecule has 0 bridgehead atoms. The molecule has 1 aromatic carbocycles. The van der Waals surface area contributed by atoms with Crippen molar-refractivity contribution in [3.63, 3.8) is 0 Å². The molecule has 0 amide bonds. The first kappa shape index (κ1) is 13.4. The molecule has 0 radical (unpaired) electrons. The molecule has 1 N–H and O–H groups in total. The summed E-state index contributed by atoms with van der Waals surface area (Å²) >= 11 is 6.10. The summed E-state index contributed by atoms with van der Waals surface area (Å²) in [5.41, 5.74) is 2.57. The summed E-state index contributed by atoms with van der Waals surface area (Å²) in [6.07, 6.45) is 2.66. The molecule has 19 heavy (non-hydrogen) atoms. The third-order valence-corrected chi connectivity index (χ3v) is 3.22. The number of rotatable bonds is 4. The van der Waals surface area contributed by atoms with E-state index in [4.69, 9.17) is 11.6 Å². The predicted molar refractivity (Wildman–Crippen MR) is 76.0 cm³/mol. The minimum atomic E-state index is -0.455. The van der Waals surface area contributed by atoms with Crippen molar-refractivity contribution in [2.45, 2.75) is 19.4 Å². The Balaban J connectivity index is 2.31. The minimum absolute atomic E-state index is 0.455. The van der Waals surface area contributed by atoms with Crippen molar-refractivity contribution in [1.29, 1.82) is 5.26 Å². The lowest BCUT2D eigenvalue weighted by molar-refractivity contribution is 0.746. The van der Waals surface area contributed by atoms with Crippen LogP contribution in [0.1, 0.15) is 24.2 Å². The first-order valence-corrected chi connectivity index (χ1v) is 6.46. The molecule has 0 saturated heterocycles. The number of halogens is 1. The summed E-state index contributed by atoms with van der Waals surface area (Å²) in [4.78, 5) is 0. The molecule has 98 valence electrons. The number of hydrogen-bond acceptors (Lipinski definition) is 3. The number of aryl methyl sites for hydroxylation is 2. The SMILES string of the molecule is CCc1nn(C)cc1C(C#N)Nc1ccccc1Cl. The zero-order valence-electron chi connectivity index (χ0n) is 10.9. The number of aromatic nitrogens is 2. The van der Waals surface area contributed by atoms with Crippen LogP contribution < -0.4 is 5.32 Å². The molecule has 1 heterocycles. The van der Waals surface area contributed by atoms with Crippen molar-refractivity contribution in [2.75, 3.05) is 5.32 Å². The van der Waals surface area contributed by atoms with Gasteiger partial charge in [-0.2, -0.15) is 10.4 Å². The Morgan fingerprint density at radius 3 is 2.84 bits per heavy atom. The van der Waals surface area contributed by atoms with E-state index in [0.717, 1.165) is 23.4 Å². The van der Waals surface area contributed by atoms with Crippen molar-refractivity contribution in [3.8, 4) is 6.07 Å². The number of hydrogen-bond donors (Lipinski definition) is 1. The highest BCUT2D eigenvalue weighted by Gasteiger charge is 2.18. The van der Waals surface area contributed by atoms with E-state index in [1.54, 1.807) is 10.7 Å². The van der Waals surface area contributed by atoms with Gasteiger partial charge in [-0.15, -0.1) is 0 Å². The molecule has 0 saturated carbocycles. The zero-order chi connectivity index (χ0) is 13.8. The largest absolute Gasteiger partial charge is 0.365 e. The Bertz CT molecular complexity index is 612. The fourth-order valence-electron chi connectivity index (χ4n) is 1.98. The van der Waals surface area contributed by atoms with Gasteiger partial charge < -0.3 is 5.32 Å². The summed E-state index contributed by atoms with van der Waals surface area (Å²) in [6.45, 7) is 2.02. The highest BCUT2D eigenvalue weighted by atomic mass is 35.5. The van der Waals surface area contributed by atoms with Crippen molar-refractivity contribution in [2.24, 2.45) is 7.05 Å². The molecule has 4 nitrogen and oxygen atoms in total. The van der Waals surface area contributed by atoms with Crippen molar-refractivity contribution in [1.82, 2.24) is 9.78 Å². The van der Waals surface area contributed by atoms with Crippen LogP contribution in [0.4, 0.5) is 5.69 Å². The highest BCUT2D eigenvalue weighted by Crippen LogP contribution is 2.27. The van der Waals surface area contributed by atoms with Crippen LogP contribution in [0.2, 0.25) is 5.02 Å². The molecular weight excluding hydrogens is 260 g/mol. The van der Waals surface area contributed by atoms with E-state index in [2.05, 4.69) is 16.5 Å². The number of para-hydroxylation sites is 1. The van der Waals surface area contributed by atoms with E-state index in [1.807, 2.05) is 38.4 Å². The monoisotopic (exact) mass is 274 g/mol. The van der Waals surface area contributed by atoms with Gasteiger partial charge >= 0.3 is 0 Å². The third kappa shape index (κ3) is 2.88. The first-order valence-electron chi connectivity index (χ1n) is 6.08. The highest BCUT2D eigenvalue weighted by molar-refractivity contribution is 6.33. The number of nitrogens with one attached hydrogen (secondary N) is 1. The van der Waals surface area contributed by atoms with E-state index in [1.165, 1.54) is 0 Å². The summed E-state index contributed by atoms with van der Waals surface area (Å²) in [6, 6.07) is 9.19. The lowest BCUT2D eigenvalue weighted by atomic mass is 10.1. The predicted octanol–water partition coefficient (Wildman–Crippen LogP) is 3.31. The molecule has 2 aromatic rings. The van der Waals surface area contributed by atoms with Gasteiger partial charge in [-0.1, -0.05) is 30.7 Å². The van der Waals surface area contributed by atoms with E-state index >= 15 is 0 Å². The quantitative estimate of drug-likeness (QED) is 0.931. The second kappa shape index (κ2) is 5.77. The molecule has 0 fully saturated rings. The molecule has 1 aromatic heterocycles. The fraction of sp³-hybridized carbons (Fsp3) is 0.286. The van der Waals surface area contributed by atoms with Gasteiger partial charge in [0.15, 0.2) is 0 Å². The normalized spacial score (nSPS) is 11.9. The summed E-state index contributed by atoms with van der Waals surface area (Å²) in [5.74, 6) is 0. The Hall–Kier alpha value is -1.99. The minimum Gasteiger partial charge on any atom is -0.365 e. The van der Waals surface area contributed by atoms with Crippen LogP contribution in [0.15, 0.2) is 30.5 Å². The van der Waals surface area contributed by atoms with Crippen LogP contribution in [0.5, 0.6) is 0 Å². The maximum atomic E-state index is 9.37. The fourth-order valence-corrected chi connectivity index (χ4v) is 2.17. The molecule has 2 rings (SSSR count). The van der Waals surface area contributed by atoms with E-state index in [9.17, 15) is 5.26 Å². The maximum absolute atomic E-state index is 9.37. The second-order valence-corrected chi connectivity index (χ2v) is 4.65. The summed E-state index contributed by atoms with van der Waals surface area (Å²) < 4.78 is 1.73. The topological polar surface area (TPSA) is 53.6 Å². The maximum Gasteiger partial charge on any atom is 0.143 e. The van der Waals surface area contributed by atoms with Gasteiger partial charge in [0.05, 0.1) is 22.5 Å². The Labute approximate surface area is 117 Å². The second-order valence-electron chi connectivity index (χ2n) is 4.24. The molecule has 0 aliphatic carbocycles. The summed E-state index contributed by atoms with van der Waals surface area (Å²) in [5, 5.41) is 17.5. The number of nitrogens with zero attached hydrogens (tertiary/aromatic N) is 3. The van der Waals surface area contributed by atoms with Crippen molar-refractivity contribution < 1.29 is 0 Å². The third-order valence-electron chi connectivity index (χ3n) is 2.89. The molecule has 1 unspecified atom stereocenters. The molecule has 0 aliphatic heterocycles. The van der Waals surface area contributed by atoms with Crippen LogP contribution in [0.3, 0.4) is 0 Å². The van der Waals surface area contributed by atoms with Gasteiger partial charge in [-0.05, 0) is 18.6 Å². The number of anilines is 1. The van der Waals surface area contributed by atoms with E-state index < -0.39 is 6.04 Å². The van der Waals surface area contributed by atoms with Crippen molar-refractivity contribution in [3.05, 3.63) is 46.7 Å². The summed E-state index contributed by atoms with van der Waals surface area (Å²) in [7, 11) is 1.85. The molecule has 0 spiro atoms. The number of benzene rings is 1. The van der Waals surface area contributed by atoms with Crippen LogP contribution in [0.25, 0.3) is 0 Å². The van der Waals surface area contributed by atoms with Crippen LogP contribution in [0, 0.1) is 11.3 Å². The molecular formula is C14H15ClN4. The van der Waals surface area contributed by atoms with Gasteiger partial charge in [0, 0.05) is 18.8 Å².